The summed E-state index contributed by atoms with van der Waals surface area (Å²) in [5.41, 5.74) is 1.25. The van der Waals surface area contributed by atoms with Crippen molar-refractivity contribution in [1.29, 1.82) is 5.26 Å². The third-order valence-corrected chi connectivity index (χ3v) is 2.43. The molecule has 0 amide bonds. The van der Waals surface area contributed by atoms with Crippen molar-refractivity contribution < 1.29 is 4.42 Å². The number of hydrogen-bond acceptors (Lipinski definition) is 3. The van der Waals surface area contributed by atoms with Crippen LogP contribution in [0.15, 0.2) is 33.7 Å². The van der Waals surface area contributed by atoms with Crippen molar-refractivity contribution in [2.75, 3.05) is 0 Å². The molecule has 0 aliphatic carbocycles. The normalized spacial score (nSPS) is 10.1. The monoisotopic (exact) mass is 214 g/mol. The van der Waals surface area contributed by atoms with E-state index in [1.54, 1.807) is 32.0 Å². The van der Waals surface area contributed by atoms with Crippen molar-refractivity contribution in [2.24, 2.45) is 0 Å². The lowest BCUT2D eigenvalue weighted by atomic mass is 10.1. The van der Waals surface area contributed by atoms with Crippen molar-refractivity contribution in [2.45, 2.75) is 13.8 Å². The minimum Gasteiger partial charge on any atom is -0.448 e. The highest BCUT2D eigenvalue weighted by molar-refractivity contribution is 5.39. The van der Waals surface area contributed by atoms with E-state index in [1.807, 2.05) is 6.07 Å². The summed E-state index contributed by atoms with van der Waals surface area (Å²) < 4.78 is 6.57. The fourth-order valence-corrected chi connectivity index (χ4v) is 1.70. The van der Waals surface area contributed by atoms with Gasteiger partial charge in [-0.3, -0.25) is 4.79 Å². The molecule has 0 aliphatic rings. The summed E-state index contributed by atoms with van der Waals surface area (Å²) in [7, 11) is 0. The number of nitriles is 1. The fourth-order valence-electron chi connectivity index (χ4n) is 1.70. The highest BCUT2D eigenvalue weighted by Crippen LogP contribution is 2.12. The van der Waals surface area contributed by atoms with Crippen LogP contribution in [0.3, 0.4) is 0 Å². The fraction of sp³-hybridized carbons (Fsp3) is 0.167. The standard InChI is InChI=1S/C12H10N2O2/c1-8-6-9(2)14(11-4-3-5-16-11)12(15)10(8)7-13/h3-6H,1-2H3. The van der Waals surface area contributed by atoms with Gasteiger partial charge < -0.3 is 4.42 Å². The number of pyridine rings is 1. The van der Waals surface area contributed by atoms with E-state index in [4.69, 9.17) is 9.68 Å². The first-order valence-electron chi connectivity index (χ1n) is 4.82. The van der Waals surface area contributed by atoms with Crippen LogP contribution >= 0.6 is 0 Å². The molecule has 0 fully saturated rings. The van der Waals surface area contributed by atoms with Crippen molar-refractivity contribution >= 4 is 0 Å². The van der Waals surface area contributed by atoms with Crippen LogP contribution < -0.4 is 5.56 Å². The third kappa shape index (κ3) is 1.43. The molecule has 0 aliphatic heterocycles. The van der Waals surface area contributed by atoms with Gasteiger partial charge in [0, 0.05) is 11.8 Å². The quantitative estimate of drug-likeness (QED) is 0.728. The summed E-state index contributed by atoms with van der Waals surface area (Å²) in [6, 6.07) is 7.10. The second-order valence-corrected chi connectivity index (χ2v) is 3.55. The molecule has 0 saturated heterocycles. The first-order chi connectivity index (χ1) is 7.65. The smallest absolute Gasteiger partial charge is 0.275 e. The molecule has 4 nitrogen and oxygen atoms in total. The van der Waals surface area contributed by atoms with Gasteiger partial charge in [0.2, 0.25) is 5.88 Å². The minimum absolute atomic E-state index is 0.155. The summed E-state index contributed by atoms with van der Waals surface area (Å²) in [5.74, 6) is 0.430. The van der Waals surface area contributed by atoms with Crippen LogP contribution in [0.25, 0.3) is 5.88 Å². The molecule has 2 heterocycles. The van der Waals surface area contributed by atoms with Gasteiger partial charge in [0.05, 0.1) is 6.26 Å². The van der Waals surface area contributed by atoms with Gasteiger partial charge in [0.15, 0.2) is 0 Å². The highest BCUT2D eigenvalue weighted by Gasteiger charge is 2.12. The molecule has 0 radical (unpaired) electrons. The van der Waals surface area contributed by atoms with E-state index in [0.29, 0.717) is 11.4 Å². The number of nitrogens with zero attached hydrogens (tertiary/aromatic N) is 2. The van der Waals surface area contributed by atoms with Crippen LogP contribution in [0.5, 0.6) is 0 Å². The molecule has 0 spiro atoms. The van der Waals surface area contributed by atoms with E-state index in [9.17, 15) is 4.79 Å². The lowest BCUT2D eigenvalue weighted by molar-refractivity contribution is 0.530. The molecular weight excluding hydrogens is 204 g/mol. The Balaban J connectivity index is 2.83. The number of hydrogen-bond donors (Lipinski definition) is 0. The number of aryl methyl sites for hydroxylation is 2. The Morgan fingerprint density at radius 3 is 2.75 bits per heavy atom. The van der Waals surface area contributed by atoms with Gasteiger partial charge in [-0.15, -0.1) is 0 Å². The van der Waals surface area contributed by atoms with Gasteiger partial charge in [-0.1, -0.05) is 0 Å². The Bertz CT molecular complexity index is 616. The average Bonchev–Trinajstić information content (AvgIpc) is 2.70. The zero-order chi connectivity index (χ0) is 11.7. The lowest BCUT2D eigenvalue weighted by Gasteiger charge is -2.08. The first-order valence-corrected chi connectivity index (χ1v) is 4.82. The second-order valence-electron chi connectivity index (χ2n) is 3.55. The molecule has 4 heteroatoms. The Hall–Kier alpha value is -2.28. The minimum atomic E-state index is -0.338. The van der Waals surface area contributed by atoms with Crippen molar-refractivity contribution in [1.82, 2.24) is 4.57 Å². The molecule has 0 atom stereocenters. The van der Waals surface area contributed by atoms with E-state index >= 15 is 0 Å². The van der Waals surface area contributed by atoms with Gasteiger partial charge in [-0.2, -0.15) is 5.26 Å². The topological polar surface area (TPSA) is 58.9 Å². The Morgan fingerprint density at radius 2 is 2.19 bits per heavy atom. The average molecular weight is 214 g/mol. The third-order valence-electron chi connectivity index (χ3n) is 2.43. The van der Waals surface area contributed by atoms with Gasteiger partial charge in [-0.25, -0.2) is 4.57 Å². The summed E-state index contributed by atoms with van der Waals surface area (Å²) >= 11 is 0. The molecule has 80 valence electrons. The van der Waals surface area contributed by atoms with E-state index in [0.717, 1.165) is 5.69 Å². The van der Waals surface area contributed by atoms with Crippen molar-refractivity contribution in [3.05, 3.63) is 51.6 Å². The molecule has 16 heavy (non-hydrogen) atoms. The van der Waals surface area contributed by atoms with Gasteiger partial charge in [0.1, 0.15) is 11.6 Å². The number of furan rings is 1. The number of aromatic nitrogens is 1. The largest absolute Gasteiger partial charge is 0.448 e. The van der Waals surface area contributed by atoms with E-state index < -0.39 is 0 Å². The Kier molecular flexibility index (Phi) is 2.37. The van der Waals surface area contributed by atoms with Crippen LogP contribution in [-0.2, 0) is 0 Å². The molecule has 0 saturated carbocycles. The lowest BCUT2D eigenvalue weighted by Crippen LogP contribution is -2.23. The molecule has 2 aromatic rings. The van der Waals surface area contributed by atoms with Crippen LogP contribution in [0.4, 0.5) is 0 Å². The maximum absolute atomic E-state index is 12.0. The van der Waals surface area contributed by atoms with E-state index in [1.165, 1.54) is 10.8 Å². The highest BCUT2D eigenvalue weighted by atomic mass is 16.3. The first kappa shape index (κ1) is 10.2. The predicted octanol–water partition coefficient (Wildman–Crippen LogP) is 1.92. The van der Waals surface area contributed by atoms with Crippen LogP contribution in [0.1, 0.15) is 16.8 Å². The summed E-state index contributed by atoms with van der Waals surface area (Å²) in [5, 5.41) is 8.92. The maximum atomic E-state index is 12.0. The van der Waals surface area contributed by atoms with Crippen LogP contribution in [-0.4, -0.2) is 4.57 Å². The van der Waals surface area contributed by atoms with Gasteiger partial charge in [-0.05, 0) is 31.5 Å². The summed E-state index contributed by atoms with van der Waals surface area (Å²) in [6.07, 6.45) is 1.49. The summed E-state index contributed by atoms with van der Waals surface area (Å²) in [6.45, 7) is 3.55. The SMILES string of the molecule is Cc1cc(C)n(-c2ccco2)c(=O)c1C#N. The van der Waals surface area contributed by atoms with Gasteiger partial charge in [0.25, 0.3) is 5.56 Å². The second kappa shape index (κ2) is 3.70. The molecule has 0 bridgehead atoms. The maximum Gasteiger partial charge on any atom is 0.275 e. The molecule has 0 N–H and O–H groups in total. The zero-order valence-corrected chi connectivity index (χ0v) is 9.02. The van der Waals surface area contributed by atoms with Crippen molar-refractivity contribution in [3.8, 4) is 12.0 Å². The van der Waals surface area contributed by atoms with Crippen LogP contribution in [0.2, 0.25) is 0 Å². The van der Waals surface area contributed by atoms with Crippen molar-refractivity contribution in [3.63, 3.8) is 0 Å². The molecule has 0 aromatic carbocycles. The van der Waals surface area contributed by atoms with Gasteiger partial charge >= 0.3 is 0 Å². The molecule has 2 rings (SSSR count). The van der Waals surface area contributed by atoms with Crippen LogP contribution in [0, 0.1) is 25.2 Å². The molecular formula is C12H10N2O2. The summed E-state index contributed by atoms with van der Waals surface area (Å²) in [4.78, 5) is 12.0. The number of rotatable bonds is 1. The molecule has 2 aromatic heterocycles. The molecule has 0 unspecified atom stereocenters. The predicted molar refractivity (Wildman–Crippen MR) is 58.5 cm³/mol. The van der Waals surface area contributed by atoms with E-state index in [-0.39, 0.29) is 11.1 Å². The zero-order valence-electron chi connectivity index (χ0n) is 9.02. The van der Waals surface area contributed by atoms with E-state index in [2.05, 4.69) is 0 Å². The Morgan fingerprint density at radius 1 is 1.44 bits per heavy atom. The Labute approximate surface area is 92.4 Å².